The van der Waals surface area contributed by atoms with Crippen molar-refractivity contribution >= 4 is 17.5 Å². The zero-order chi connectivity index (χ0) is 17.8. The van der Waals surface area contributed by atoms with Gasteiger partial charge in [0.1, 0.15) is 11.9 Å². The van der Waals surface area contributed by atoms with Crippen molar-refractivity contribution in [3.05, 3.63) is 40.9 Å². The molecule has 0 radical (unpaired) electrons. The molecule has 1 fully saturated rings. The van der Waals surface area contributed by atoms with Gasteiger partial charge in [0.2, 0.25) is 11.8 Å². The maximum atomic E-state index is 12.7. The van der Waals surface area contributed by atoms with Gasteiger partial charge in [0, 0.05) is 30.1 Å². The number of carbonyl (C=O) groups is 1. The summed E-state index contributed by atoms with van der Waals surface area (Å²) in [6, 6.07) is 8.36. The second kappa shape index (κ2) is 7.57. The van der Waals surface area contributed by atoms with E-state index in [0.29, 0.717) is 47.6 Å². The molecule has 1 aliphatic rings. The highest BCUT2D eigenvalue weighted by atomic mass is 35.5. The highest BCUT2D eigenvalue weighted by molar-refractivity contribution is 6.31. The number of likely N-dealkylation sites (tertiary alicyclic amines) is 1. The lowest BCUT2D eigenvalue weighted by Crippen LogP contribution is -2.31. The second-order valence-corrected chi connectivity index (χ2v) is 5.97. The van der Waals surface area contributed by atoms with E-state index in [9.17, 15) is 4.79 Å². The summed E-state index contributed by atoms with van der Waals surface area (Å²) in [7, 11) is 3.05. The molecule has 8 heteroatoms. The molecule has 1 aromatic carbocycles. The molecule has 2 heterocycles. The quantitative estimate of drug-likeness (QED) is 0.812. The van der Waals surface area contributed by atoms with Gasteiger partial charge in [0.05, 0.1) is 26.3 Å². The molecule has 2 aromatic rings. The Labute approximate surface area is 150 Å². The summed E-state index contributed by atoms with van der Waals surface area (Å²) < 4.78 is 16.0. The van der Waals surface area contributed by atoms with Crippen molar-refractivity contribution in [2.24, 2.45) is 0 Å². The largest absolute Gasteiger partial charge is 0.496 e. The van der Waals surface area contributed by atoms with Crippen LogP contribution in [0.4, 0.5) is 0 Å². The molecule has 132 valence electrons. The number of ether oxygens (including phenoxy) is 3. The number of nitrogens with zero attached hydrogens (tertiary/aromatic N) is 3. The van der Waals surface area contributed by atoms with E-state index in [4.69, 9.17) is 25.8 Å². The fourth-order valence-corrected chi connectivity index (χ4v) is 2.85. The molecule has 0 bridgehead atoms. The molecule has 7 nitrogen and oxygen atoms in total. The number of rotatable bonds is 5. The predicted octanol–water partition coefficient (Wildman–Crippen LogP) is 2.44. The first-order chi connectivity index (χ1) is 12.1. The SMILES string of the molecule is COc1ccc(OC2CCN(C(=O)c3cc(Cl)ccc3OC)C2)nn1. The van der Waals surface area contributed by atoms with E-state index in [2.05, 4.69) is 10.2 Å². The molecule has 0 aliphatic carbocycles. The summed E-state index contributed by atoms with van der Waals surface area (Å²) >= 11 is 6.01. The van der Waals surface area contributed by atoms with Crippen LogP contribution in [0.1, 0.15) is 16.8 Å². The van der Waals surface area contributed by atoms with E-state index in [1.807, 2.05) is 0 Å². The monoisotopic (exact) mass is 363 g/mol. The zero-order valence-electron chi connectivity index (χ0n) is 13.9. The number of methoxy groups -OCH3 is 2. The fourth-order valence-electron chi connectivity index (χ4n) is 2.68. The molecule has 3 rings (SSSR count). The van der Waals surface area contributed by atoms with E-state index < -0.39 is 0 Å². The van der Waals surface area contributed by atoms with E-state index >= 15 is 0 Å². The van der Waals surface area contributed by atoms with E-state index in [1.165, 1.54) is 14.2 Å². The smallest absolute Gasteiger partial charge is 0.257 e. The summed E-state index contributed by atoms with van der Waals surface area (Å²) in [4.78, 5) is 14.5. The Balaban J connectivity index is 1.66. The molecule has 1 saturated heterocycles. The van der Waals surface area contributed by atoms with Crippen molar-refractivity contribution in [3.8, 4) is 17.5 Å². The third kappa shape index (κ3) is 3.93. The van der Waals surface area contributed by atoms with Crippen LogP contribution in [0.25, 0.3) is 0 Å². The average molecular weight is 364 g/mol. The van der Waals surface area contributed by atoms with Gasteiger partial charge in [-0.3, -0.25) is 4.79 Å². The van der Waals surface area contributed by atoms with Gasteiger partial charge in [0.15, 0.2) is 0 Å². The van der Waals surface area contributed by atoms with Gasteiger partial charge in [-0.05, 0) is 18.2 Å². The number of benzene rings is 1. The third-order valence-corrected chi connectivity index (χ3v) is 4.17. The van der Waals surface area contributed by atoms with Crippen LogP contribution in [-0.2, 0) is 0 Å². The molecule has 0 spiro atoms. The van der Waals surface area contributed by atoms with E-state index in [1.54, 1.807) is 35.2 Å². The summed E-state index contributed by atoms with van der Waals surface area (Å²) in [6.07, 6.45) is 0.569. The van der Waals surface area contributed by atoms with Crippen molar-refractivity contribution in [1.29, 1.82) is 0 Å². The molecule has 1 amide bonds. The molecule has 25 heavy (non-hydrogen) atoms. The van der Waals surface area contributed by atoms with Crippen molar-refractivity contribution < 1.29 is 19.0 Å². The summed E-state index contributed by atoms with van der Waals surface area (Å²) in [5, 5.41) is 8.30. The maximum absolute atomic E-state index is 12.7. The van der Waals surface area contributed by atoms with Gasteiger partial charge in [-0.15, -0.1) is 10.2 Å². The lowest BCUT2D eigenvalue weighted by atomic mass is 10.1. The predicted molar refractivity (Wildman–Crippen MR) is 91.5 cm³/mol. The Morgan fingerprint density at radius 2 is 1.92 bits per heavy atom. The van der Waals surface area contributed by atoms with Crippen molar-refractivity contribution in [3.63, 3.8) is 0 Å². The second-order valence-electron chi connectivity index (χ2n) is 5.54. The number of carbonyl (C=O) groups excluding carboxylic acids is 1. The Hall–Kier alpha value is -2.54. The van der Waals surface area contributed by atoms with Crippen molar-refractivity contribution in [2.45, 2.75) is 12.5 Å². The Kier molecular flexibility index (Phi) is 5.23. The molecule has 1 atom stereocenters. The van der Waals surface area contributed by atoms with Crippen LogP contribution in [-0.4, -0.2) is 54.4 Å². The molecular weight excluding hydrogens is 346 g/mol. The standard InChI is InChI=1S/C17H18ClN3O4/c1-23-14-4-3-11(18)9-13(14)17(22)21-8-7-12(10-21)25-16-6-5-15(24-2)19-20-16/h3-6,9,12H,7-8,10H2,1-2H3. The first-order valence-electron chi connectivity index (χ1n) is 7.78. The lowest BCUT2D eigenvalue weighted by molar-refractivity contribution is 0.0767. The first kappa shape index (κ1) is 17.3. The van der Waals surface area contributed by atoms with Crippen molar-refractivity contribution in [2.75, 3.05) is 27.3 Å². The van der Waals surface area contributed by atoms with Crippen LogP contribution >= 0.6 is 11.6 Å². The molecule has 1 aliphatic heterocycles. The number of aromatic nitrogens is 2. The van der Waals surface area contributed by atoms with Crippen LogP contribution in [0.2, 0.25) is 5.02 Å². The average Bonchev–Trinajstić information content (AvgIpc) is 3.10. The topological polar surface area (TPSA) is 73.8 Å². The minimum absolute atomic E-state index is 0.133. The molecule has 0 saturated carbocycles. The van der Waals surface area contributed by atoms with Gasteiger partial charge < -0.3 is 19.1 Å². The highest BCUT2D eigenvalue weighted by Gasteiger charge is 2.30. The van der Waals surface area contributed by atoms with Crippen molar-refractivity contribution in [1.82, 2.24) is 15.1 Å². The van der Waals surface area contributed by atoms with Crippen LogP contribution in [0.3, 0.4) is 0 Å². The van der Waals surface area contributed by atoms with E-state index in [0.717, 1.165) is 0 Å². The van der Waals surface area contributed by atoms with E-state index in [-0.39, 0.29) is 12.0 Å². The van der Waals surface area contributed by atoms with Crippen LogP contribution in [0.15, 0.2) is 30.3 Å². The third-order valence-electron chi connectivity index (χ3n) is 3.94. The normalized spacial score (nSPS) is 16.6. The summed E-state index contributed by atoms with van der Waals surface area (Å²) in [6.45, 7) is 1.05. The van der Waals surface area contributed by atoms with Crippen LogP contribution < -0.4 is 14.2 Å². The molecule has 0 N–H and O–H groups in total. The van der Waals surface area contributed by atoms with Gasteiger partial charge >= 0.3 is 0 Å². The number of hydrogen-bond acceptors (Lipinski definition) is 6. The number of halogens is 1. The lowest BCUT2D eigenvalue weighted by Gasteiger charge is -2.18. The Bertz CT molecular complexity index is 754. The molecule has 1 aromatic heterocycles. The summed E-state index contributed by atoms with van der Waals surface area (Å²) in [5.74, 6) is 1.19. The minimum Gasteiger partial charge on any atom is -0.496 e. The van der Waals surface area contributed by atoms with Gasteiger partial charge in [-0.25, -0.2) is 0 Å². The minimum atomic E-state index is -0.142. The van der Waals surface area contributed by atoms with Crippen LogP contribution in [0.5, 0.6) is 17.5 Å². The number of hydrogen-bond donors (Lipinski definition) is 0. The zero-order valence-corrected chi connectivity index (χ0v) is 14.7. The number of amides is 1. The van der Waals surface area contributed by atoms with Gasteiger partial charge in [-0.1, -0.05) is 11.6 Å². The Morgan fingerprint density at radius 3 is 2.60 bits per heavy atom. The molecule has 1 unspecified atom stereocenters. The van der Waals surface area contributed by atoms with Crippen LogP contribution in [0, 0.1) is 0 Å². The summed E-state index contributed by atoms with van der Waals surface area (Å²) in [5.41, 5.74) is 0.444. The highest BCUT2D eigenvalue weighted by Crippen LogP contribution is 2.26. The Morgan fingerprint density at radius 1 is 1.16 bits per heavy atom. The fraction of sp³-hybridized carbons (Fsp3) is 0.353. The van der Waals surface area contributed by atoms with Gasteiger partial charge in [0.25, 0.3) is 5.91 Å². The maximum Gasteiger partial charge on any atom is 0.257 e. The first-order valence-corrected chi connectivity index (χ1v) is 8.15. The van der Waals surface area contributed by atoms with Gasteiger partial charge in [-0.2, -0.15) is 0 Å². The molecular formula is C17H18ClN3O4.